The Morgan fingerprint density at radius 2 is 1.84 bits per heavy atom. The Morgan fingerprint density at radius 1 is 1.20 bits per heavy atom. The number of halogens is 1. The molecule has 6 nitrogen and oxygen atoms in total. The Morgan fingerprint density at radius 3 is 2.44 bits per heavy atom. The number of benzene rings is 1. The zero-order chi connectivity index (χ0) is 17.9. The van der Waals surface area contributed by atoms with Crippen LogP contribution in [0, 0.1) is 5.92 Å². The number of aromatic hydroxyl groups is 1. The van der Waals surface area contributed by atoms with E-state index in [1.165, 1.54) is 25.0 Å². The van der Waals surface area contributed by atoms with Crippen LogP contribution in [0.4, 0.5) is 0 Å². The fraction of sp³-hybridized carbons (Fsp3) is 0.556. The molecular weight excluding hydrogens is 431 g/mol. The standard InChI is InChI=1S/C18H30N4O2.HI/c1-13(2)5-4-6-14(3)22-18(19)21-12-11-20-17(24)15-7-9-16(23)10-8-15;/h7-10,13-14,23H,4-6,11-12H2,1-3H3,(H,20,24)(H3,19,21,22);1H. The molecule has 1 atom stereocenters. The van der Waals surface area contributed by atoms with E-state index in [-0.39, 0.29) is 35.6 Å². The maximum absolute atomic E-state index is 11.9. The average Bonchev–Trinajstić information content (AvgIpc) is 2.51. The molecule has 0 heterocycles. The molecule has 0 fully saturated rings. The summed E-state index contributed by atoms with van der Waals surface area (Å²) in [7, 11) is 0. The van der Waals surface area contributed by atoms with Crippen LogP contribution in [0.25, 0.3) is 0 Å². The molecule has 0 radical (unpaired) electrons. The van der Waals surface area contributed by atoms with Crippen LogP contribution in [0.1, 0.15) is 50.4 Å². The minimum atomic E-state index is -0.196. The van der Waals surface area contributed by atoms with Gasteiger partial charge >= 0.3 is 0 Å². The first-order valence-corrected chi connectivity index (χ1v) is 8.52. The van der Waals surface area contributed by atoms with E-state index in [1.54, 1.807) is 12.1 Å². The minimum Gasteiger partial charge on any atom is -0.508 e. The number of phenolic OH excluding ortho intramolecular Hbond substituents is 1. The minimum absolute atomic E-state index is 0. The fourth-order valence-corrected chi connectivity index (χ4v) is 2.26. The van der Waals surface area contributed by atoms with Gasteiger partial charge < -0.3 is 21.5 Å². The van der Waals surface area contributed by atoms with Crippen molar-refractivity contribution in [1.82, 2.24) is 10.6 Å². The Kier molecular flexibility index (Phi) is 12.0. The number of hydrogen-bond acceptors (Lipinski definition) is 3. The molecule has 1 aromatic rings. The van der Waals surface area contributed by atoms with Gasteiger partial charge in [-0.05, 0) is 43.5 Å². The number of amides is 1. The molecule has 142 valence electrons. The molecule has 0 saturated heterocycles. The number of nitrogens with two attached hydrogens (primary N) is 1. The Balaban J connectivity index is 0.00000576. The third kappa shape index (κ3) is 10.9. The van der Waals surface area contributed by atoms with Gasteiger partial charge in [0.05, 0.1) is 6.54 Å². The molecule has 5 N–H and O–H groups in total. The molecule has 1 amide bonds. The van der Waals surface area contributed by atoms with Crippen LogP contribution >= 0.6 is 24.0 Å². The van der Waals surface area contributed by atoms with Gasteiger partial charge in [-0.3, -0.25) is 9.79 Å². The molecule has 0 aliphatic rings. The first-order chi connectivity index (χ1) is 11.4. The SMILES string of the molecule is CC(C)CCCC(C)NC(N)=NCCNC(=O)c1ccc(O)cc1.I. The molecule has 25 heavy (non-hydrogen) atoms. The first-order valence-electron chi connectivity index (χ1n) is 8.52. The zero-order valence-corrected chi connectivity index (χ0v) is 17.6. The summed E-state index contributed by atoms with van der Waals surface area (Å²) in [5, 5.41) is 15.1. The van der Waals surface area contributed by atoms with Gasteiger partial charge in [-0.2, -0.15) is 0 Å². The monoisotopic (exact) mass is 462 g/mol. The number of nitrogens with zero attached hydrogens (tertiary/aromatic N) is 1. The quantitative estimate of drug-likeness (QED) is 0.196. The van der Waals surface area contributed by atoms with Crippen molar-refractivity contribution < 1.29 is 9.90 Å². The normalized spacial score (nSPS) is 12.4. The van der Waals surface area contributed by atoms with Crippen molar-refractivity contribution in [2.45, 2.75) is 46.1 Å². The van der Waals surface area contributed by atoms with Crippen molar-refractivity contribution in [3.8, 4) is 5.75 Å². The number of rotatable bonds is 9. The lowest BCUT2D eigenvalue weighted by Crippen LogP contribution is -2.39. The smallest absolute Gasteiger partial charge is 0.251 e. The van der Waals surface area contributed by atoms with E-state index in [1.807, 2.05) is 0 Å². The van der Waals surface area contributed by atoms with Crippen LogP contribution in [0.2, 0.25) is 0 Å². The number of carbonyl (C=O) groups is 1. The van der Waals surface area contributed by atoms with Crippen LogP contribution < -0.4 is 16.4 Å². The fourth-order valence-electron chi connectivity index (χ4n) is 2.26. The summed E-state index contributed by atoms with van der Waals surface area (Å²) in [6.45, 7) is 7.36. The van der Waals surface area contributed by atoms with Gasteiger partial charge in [0.25, 0.3) is 5.91 Å². The largest absolute Gasteiger partial charge is 0.508 e. The van der Waals surface area contributed by atoms with Crippen molar-refractivity contribution in [2.75, 3.05) is 13.1 Å². The van der Waals surface area contributed by atoms with Gasteiger partial charge in [0.1, 0.15) is 5.75 Å². The van der Waals surface area contributed by atoms with Crippen LogP contribution in [-0.2, 0) is 0 Å². The molecule has 0 aliphatic heterocycles. The predicted molar refractivity (Wildman–Crippen MR) is 114 cm³/mol. The summed E-state index contributed by atoms with van der Waals surface area (Å²) in [5.74, 6) is 1.07. The summed E-state index contributed by atoms with van der Waals surface area (Å²) < 4.78 is 0. The summed E-state index contributed by atoms with van der Waals surface area (Å²) in [6, 6.07) is 6.40. The summed E-state index contributed by atoms with van der Waals surface area (Å²) >= 11 is 0. The van der Waals surface area contributed by atoms with Crippen molar-refractivity contribution in [3.05, 3.63) is 29.8 Å². The number of hydrogen-bond donors (Lipinski definition) is 4. The van der Waals surface area contributed by atoms with Crippen molar-refractivity contribution in [3.63, 3.8) is 0 Å². The highest BCUT2D eigenvalue weighted by atomic mass is 127. The van der Waals surface area contributed by atoms with Crippen LogP contribution in [-0.4, -0.2) is 36.1 Å². The molecule has 1 unspecified atom stereocenters. The lowest BCUT2D eigenvalue weighted by atomic mass is 10.0. The van der Waals surface area contributed by atoms with E-state index >= 15 is 0 Å². The molecule has 0 aliphatic carbocycles. The third-order valence-electron chi connectivity index (χ3n) is 3.62. The number of guanidine groups is 1. The van der Waals surface area contributed by atoms with E-state index in [4.69, 9.17) is 5.73 Å². The molecule has 0 bridgehead atoms. The van der Waals surface area contributed by atoms with Crippen molar-refractivity contribution >= 4 is 35.8 Å². The maximum atomic E-state index is 11.9. The highest BCUT2D eigenvalue weighted by molar-refractivity contribution is 14.0. The zero-order valence-electron chi connectivity index (χ0n) is 15.3. The number of nitrogens with one attached hydrogen (secondary N) is 2. The second-order valence-corrected chi connectivity index (χ2v) is 6.44. The second-order valence-electron chi connectivity index (χ2n) is 6.44. The number of carbonyl (C=O) groups excluding carboxylic acids is 1. The highest BCUT2D eigenvalue weighted by Crippen LogP contribution is 2.09. The first kappa shape index (κ1) is 23.5. The van der Waals surface area contributed by atoms with Crippen molar-refractivity contribution in [1.29, 1.82) is 0 Å². The van der Waals surface area contributed by atoms with Crippen LogP contribution in [0.5, 0.6) is 5.75 Å². The van der Waals surface area contributed by atoms with Gasteiger partial charge in [-0.1, -0.05) is 26.7 Å². The highest BCUT2D eigenvalue weighted by Gasteiger charge is 2.05. The summed E-state index contributed by atoms with van der Waals surface area (Å²) in [6.07, 6.45) is 3.44. The van der Waals surface area contributed by atoms with Crippen LogP contribution in [0.15, 0.2) is 29.3 Å². The van der Waals surface area contributed by atoms with E-state index < -0.39 is 0 Å². The molecule has 0 spiro atoms. The van der Waals surface area contributed by atoms with Gasteiger partial charge in [0, 0.05) is 18.2 Å². The Labute approximate surface area is 167 Å². The van der Waals surface area contributed by atoms with Gasteiger partial charge in [0.15, 0.2) is 5.96 Å². The molecular formula is C18H31IN4O2. The molecule has 1 rings (SSSR count). The Hall–Kier alpha value is -1.51. The third-order valence-corrected chi connectivity index (χ3v) is 3.62. The van der Waals surface area contributed by atoms with E-state index in [2.05, 4.69) is 36.4 Å². The van der Waals surface area contributed by atoms with E-state index in [0.29, 0.717) is 30.7 Å². The van der Waals surface area contributed by atoms with Crippen molar-refractivity contribution in [2.24, 2.45) is 16.6 Å². The number of aliphatic imine (C=N–C) groups is 1. The van der Waals surface area contributed by atoms with Gasteiger partial charge in [-0.25, -0.2) is 0 Å². The topological polar surface area (TPSA) is 99.7 Å². The number of phenols is 1. The summed E-state index contributed by atoms with van der Waals surface area (Å²) in [4.78, 5) is 16.1. The summed E-state index contributed by atoms with van der Waals surface area (Å²) in [5.41, 5.74) is 6.35. The molecule has 7 heteroatoms. The molecule has 0 aromatic heterocycles. The van der Waals surface area contributed by atoms with Gasteiger partial charge in [-0.15, -0.1) is 24.0 Å². The van der Waals surface area contributed by atoms with Gasteiger partial charge in [0.2, 0.25) is 0 Å². The predicted octanol–water partition coefficient (Wildman–Crippen LogP) is 2.86. The molecule has 0 saturated carbocycles. The van der Waals surface area contributed by atoms with E-state index in [9.17, 15) is 9.90 Å². The molecule has 1 aromatic carbocycles. The maximum Gasteiger partial charge on any atom is 0.251 e. The second kappa shape index (κ2) is 12.8. The lowest BCUT2D eigenvalue weighted by Gasteiger charge is -2.15. The Bertz CT molecular complexity index is 532. The van der Waals surface area contributed by atoms with E-state index in [0.717, 1.165) is 12.3 Å². The lowest BCUT2D eigenvalue weighted by molar-refractivity contribution is 0.0955. The average molecular weight is 462 g/mol. The van der Waals surface area contributed by atoms with Crippen LogP contribution in [0.3, 0.4) is 0 Å².